The lowest BCUT2D eigenvalue weighted by molar-refractivity contribution is -0.139. The van der Waals surface area contributed by atoms with Crippen LogP contribution < -0.4 is 9.47 Å². The highest BCUT2D eigenvalue weighted by molar-refractivity contribution is 5.98. The molecule has 8 rings (SSSR count). The summed E-state index contributed by atoms with van der Waals surface area (Å²) in [4.78, 5) is 22.9. The van der Waals surface area contributed by atoms with Crippen molar-refractivity contribution in [3.05, 3.63) is 180 Å². The molecule has 1 aliphatic carbocycles. The second kappa shape index (κ2) is 14.6. The third-order valence-electron chi connectivity index (χ3n) is 10.6. The molecule has 6 nitrogen and oxygen atoms in total. The van der Waals surface area contributed by atoms with Crippen LogP contribution in [0.15, 0.2) is 147 Å². The summed E-state index contributed by atoms with van der Waals surface area (Å²) in [6, 6.07) is 43.7. The SMILES string of the molecule is C=CC(=O)OCCOc1ccc2cc(C3(c4ccc5cc(OCCOC(=O)C=C)ccc5c4)c4cc(C)c(C)cc4-c4cc5ccccc5cc43)ccc2c1. The van der Waals surface area contributed by atoms with Crippen molar-refractivity contribution in [2.24, 2.45) is 0 Å². The predicted octanol–water partition coefficient (Wildman–Crippen LogP) is 10.3. The predicted molar refractivity (Wildman–Crippen MR) is 219 cm³/mol. The van der Waals surface area contributed by atoms with Gasteiger partial charge in [0.2, 0.25) is 0 Å². The van der Waals surface area contributed by atoms with Crippen LogP contribution in [-0.2, 0) is 24.5 Å². The molecule has 0 saturated heterocycles. The van der Waals surface area contributed by atoms with Crippen LogP contribution in [0.1, 0.15) is 33.4 Å². The molecular formula is C49H40O6. The second-order valence-corrected chi connectivity index (χ2v) is 13.9. The van der Waals surface area contributed by atoms with E-state index in [0.29, 0.717) is 11.5 Å². The van der Waals surface area contributed by atoms with Gasteiger partial charge in [0.1, 0.15) is 37.9 Å². The molecule has 6 heteroatoms. The average Bonchev–Trinajstić information content (AvgIpc) is 3.47. The van der Waals surface area contributed by atoms with Gasteiger partial charge >= 0.3 is 11.9 Å². The third kappa shape index (κ3) is 6.50. The molecule has 272 valence electrons. The normalized spacial score (nSPS) is 12.5. The van der Waals surface area contributed by atoms with E-state index in [9.17, 15) is 9.59 Å². The Morgan fingerprint density at radius 1 is 0.509 bits per heavy atom. The van der Waals surface area contributed by atoms with E-state index in [1.54, 1.807) is 0 Å². The first-order chi connectivity index (χ1) is 26.8. The molecule has 0 saturated carbocycles. The van der Waals surface area contributed by atoms with Crippen LogP contribution in [0.25, 0.3) is 43.4 Å². The number of aryl methyl sites for hydroxylation is 2. The first-order valence-electron chi connectivity index (χ1n) is 18.4. The Bertz CT molecular complexity index is 2560. The number of carbonyl (C=O) groups is 2. The summed E-state index contributed by atoms with van der Waals surface area (Å²) < 4.78 is 22.0. The molecule has 0 fully saturated rings. The Balaban J connectivity index is 1.27. The molecule has 0 aromatic heterocycles. The number of fused-ring (bicyclic) bond motifs is 6. The van der Waals surface area contributed by atoms with E-state index in [0.717, 1.165) is 44.8 Å². The van der Waals surface area contributed by atoms with Crippen LogP contribution in [-0.4, -0.2) is 38.4 Å². The van der Waals surface area contributed by atoms with Crippen molar-refractivity contribution in [1.29, 1.82) is 0 Å². The fourth-order valence-electron chi connectivity index (χ4n) is 7.87. The molecule has 0 N–H and O–H groups in total. The van der Waals surface area contributed by atoms with Gasteiger partial charge in [0.25, 0.3) is 0 Å². The minimum atomic E-state index is -0.635. The van der Waals surface area contributed by atoms with E-state index in [2.05, 4.69) is 124 Å². The minimum absolute atomic E-state index is 0.143. The molecule has 0 bridgehead atoms. The molecule has 0 heterocycles. The molecular weight excluding hydrogens is 685 g/mol. The van der Waals surface area contributed by atoms with Gasteiger partial charge in [-0.15, -0.1) is 0 Å². The number of rotatable bonds is 12. The number of hydrogen-bond acceptors (Lipinski definition) is 6. The van der Waals surface area contributed by atoms with Gasteiger partial charge in [0, 0.05) is 12.2 Å². The average molecular weight is 725 g/mol. The molecule has 0 atom stereocenters. The monoisotopic (exact) mass is 724 g/mol. The summed E-state index contributed by atoms with van der Waals surface area (Å²) >= 11 is 0. The van der Waals surface area contributed by atoms with Crippen molar-refractivity contribution < 1.29 is 28.5 Å². The van der Waals surface area contributed by atoms with Crippen LogP contribution in [0.2, 0.25) is 0 Å². The second-order valence-electron chi connectivity index (χ2n) is 13.9. The molecule has 7 aromatic carbocycles. The molecule has 0 aliphatic heterocycles. The Labute approximate surface area is 320 Å². The summed E-state index contributed by atoms with van der Waals surface area (Å²) in [6.45, 7) is 12.0. The molecule has 7 aromatic rings. The topological polar surface area (TPSA) is 71.1 Å². The highest BCUT2D eigenvalue weighted by atomic mass is 16.6. The van der Waals surface area contributed by atoms with Crippen LogP contribution in [0.4, 0.5) is 0 Å². The van der Waals surface area contributed by atoms with Crippen molar-refractivity contribution >= 4 is 44.3 Å². The first-order valence-corrected chi connectivity index (χ1v) is 18.4. The lowest BCUT2D eigenvalue weighted by Crippen LogP contribution is -2.28. The molecule has 55 heavy (non-hydrogen) atoms. The van der Waals surface area contributed by atoms with Gasteiger partial charge in [0.15, 0.2) is 0 Å². The minimum Gasteiger partial charge on any atom is -0.490 e. The van der Waals surface area contributed by atoms with E-state index in [1.165, 1.54) is 44.2 Å². The summed E-state index contributed by atoms with van der Waals surface area (Å²) in [7, 11) is 0. The molecule has 0 unspecified atom stereocenters. The summed E-state index contributed by atoms with van der Waals surface area (Å²) in [5.74, 6) is 0.467. The van der Waals surface area contributed by atoms with Crippen molar-refractivity contribution in [3.8, 4) is 22.6 Å². The lowest BCUT2D eigenvalue weighted by atomic mass is 9.66. The Kier molecular flexibility index (Phi) is 9.41. The number of carbonyl (C=O) groups excluding carboxylic acids is 2. The Hall–Kier alpha value is -6.66. The number of ether oxygens (including phenoxy) is 4. The van der Waals surface area contributed by atoms with Gasteiger partial charge in [-0.05, 0) is 139 Å². The smallest absolute Gasteiger partial charge is 0.330 e. The van der Waals surface area contributed by atoms with E-state index in [-0.39, 0.29) is 26.4 Å². The number of hydrogen-bond donors (Lipinski definition) is 0. The van der Waals surface area contributed by atoms with Crippen LogP contribution >= 0.6 is 0 Å². The maximum atomic E-state index is 11.5. The van der Waals surface area contributed by atoms with Crippen molar-refractivity contribution in [1.82, 2.24) is 0 Å². The zero-order valence-corrected chi connectivity index (χ0v) is 30.9. The first kappa shape index (κ1) is 35.4. The van der Waals surface area contributed by atoms with Gasteiger partial charge in [0.05, 0.1) is 5.41 Å². The maximum absolute atomic E-state index is 11.5. The van der Waals surface area contributed by atoms with Gasteiger partial charge < -0.3 is 18.9 Å². The van der Waals surface area contributed by atoms with Crippen molar-refractivity contribution in [3.63, 3.8) is 0 Å². The summed E-state index contributed by atoms with van der Waals surface area (Å²) in [5.41, 5.74) is 9.16. The summed E-state index contributed by atoms with van der Waals surface area (Å²) in [6.07, 6.45) is 2.29. The van der Waals surface area contributed by atoms with Crippen molar-refractivity contribution in [2.45, 2.75) is 19.3 Å². The molecule has 0 radical (unpaired) electrons. The molecule has 0 amide bonds. The maximum Gasteiger partial charge on any atom is 0.330 e. The van der Waals surface area contributed by atoms with E-state index in [1.807, 2.05) is 24.3 Å². The van der Waals surface area contributed by atoms with Crippen LogP contribution in [0, 0.1) is 13.8 Å². The Morgan fingerprint density at radius 3 is 1.49 bits per heavy atom. The van der Waals surface area contributed by atoms with Crippen molar-refractivity contribution in [2.75, 3.05) is 26.4 Å². The van der Waals surface area contributed by atoms with Gasteiger partial charge in [-0.2, -0.15) is 0 Å². The highest BCUT2D eigenvalue weighted by Crippen LogP contribution is 2.58. The number of benzene rings is 7. The van der Waals surface area contributed by atoms with E-state index >= 15 is 0 Å². The third-order valence-corrected chi connectivity index (χ3v) is 10.6. The fraction of sp³-hybridized carbons (Fsp3) is 0.143. The zero-order chi connectivity index (χ0) is 38.1. The molecule has 1 aliphatic rings. The van der Waals surface area contributed by atoms with E-state index < -0.39 is 17.4 Å². The highest BCUT2D eigenvalue weighted by Gasteiger charge is 2.47. The van der Waals surface area contributed by atoms with Gasteiger partial charge in [-0.3, -0.25) is 0 Å². The zero-order valence-electron chi connectivity index (χ0n) is 30.9. The standard InChI is InChI=1S/C49H40O6/c1-5-47(50)54-21-19-52-41-17-13-35-25-39(15-11-37(35)27-41)49(40-16-12-38-28-42(18-14-36(38)26-40)53-20-22-55-48(51)6-2)45-24-32(4)31(3)23-43(45)44-29-33-9-7-8-10-34(33)30-46(44)49/h5-18,23-30H,1-2,19-22H2,3-4H3. The van der Waals surface area contributed by atoms with Crippen LogP contribution in [0.5, 0.6) is 11.5 Å². The van der Waals surface area contributed by atoms with E-state index in [4.69, 9.17) is 18.9 Å². The van der Waals surface area contributed by atoms with Crippen LogP contribution in [0.3, 0.4) is 0 Å². The largest absolute Gasteiger partial charge is 0.490 e. The lowest BCUT2D eigenvalue weighted by Gasteiger charge is -2.35. The van der Waals surface area contributed by atoms with Gasteiger partial charge in [-0.1, -0.05) is 86.0 Å². The quantitative estimate of drug-likeness (QED) is 0.0710. The molecule has 0 spiro atoms. The van der Waals surface area contributed by atoms with Gasteiger partial charge in [-0.25, -0.2) is 9.59 Å². The Morgan fingerprint density at radius 2 is 0.945 bits per heavy atom. The fourth-order valence-corrected chi connectivity index (χ4v) is 7.87. The summed E-state index contributed by atoms with van der Waals surface area (Å²) in [5, 5.41) is 6.65. The number of esters is 2.